The molecule has 4 amide bonds. The number of methoxy groups -OCH3 is 1. The first-order valence-corrected chi connectivity index (χ1v) is 21.3. The SMILES string of the molecule is COc1cc([C@H]2C3=CC[C@@H]4C(=O)N(c5cccc(B(O)O)c5)C(=O)[C@@H]4[C@@H]3C[C@H]3C(=O)N(c4cc(-c5sc6ccc(Cl)cc6c5C)nn4C)C(=O)[C@@]23C)c(Br)c(Br)c1O. The van der Waals surface area contributed by atoms with Crippen LogP contribution in [0.25, 0.3) is 20.7 Å². The van der Waals surface area contributed by atoms with Crippen molar-refractivity contribution in [1.82, 2.24) is 9.78 Å². The minimum Gasteiger partial charge on any atom is -0.503 e. The van der Waals surface area contributed by atoms with Crippen molar-refractivity contribution in [3.8, 4) is 22.1 Å². The number of allylic oxidation sites excluding steroid dienone is 2. The Bertz CT molecular complexity index is 2700. The van der Waals surface area contributed by atoms with Crippen molar-refractivity contribution in [2.24, 2.45) is 36.1 Å². The maximum atomic E-state index is 15.3. The number of imide groups is 2. The van der Waals surface area contributed by atoms with Crippen LogP contribution >= 0.6 is 54.8 Å². The van der Waals surface area contributed by atoms with E-state index >= 15 is 9.59 Å². The summed E-state index contributed by atoms with van der Waals surface area (Å²) in [7, 11) is 1.30. The van der Waals surface area contributed by atoms with Crippen molar-refractivity contribution in [2.75, 3.05) is 16.9 Å². The molecular weight excluding hydrogens is 915 g/mol. The average molecular weight is 949 g/mol. The summed E-state index contributed by atoms with van der Waals surface area (Å²) in [6.07, 6.45) is 2.24. The molecule has 5 aromatic rings. The van der Waals surface area contributed by atoms with Gasteiger partial charge < -0.3 is 19.9 Å². The number of phenols is 1. The first kappa shape index (κ1) is 39.2. The number of fused-ring (bicyclic) bond motifs is 5. The highest BCUT2D eigenvalue weighted by Crippen LogP contribution is 2.65. The van der Waals surface area contributed by atoms with Crippen LogP contribution in [0.15, 0.2) is 75.2 Å². The van der Waals surface area contributed by atoms with Crippen LogP contribution in [0.1, 0.15) is 36.8 Å². The zero-order valence-electron chi connectivity index (χ0n) is 31.4. The number of hydrogen-bond donors (Lipinski definition) is 3. The Kier molecular flexibility index (Phi) is 9.37. The van der Waals surface area contributed by atoms with Gasteiger partial charge in [-0.25, -0.2) is 4.90 Å². The maximum absolute atomic E-state index is 15.3. The van der Waals surface area contributed by atoms with Crippen molar-refractivity contribution in [3.05, 3.63) is 91.3 Å². The summed E-state index contributed by atoms with van der Waals surface area (Å²) in [6, 6.07) is 15.1. The number of anilines is 2. The molecule has 17 heteroatoms. The molecule has 0 spiro atoms. The number of amides is 4. The quantitative estimate of drug-likeness (QED) is 0.0966. The number of rotatable bonds is 6. The van der Waals surface area contributed by atoms with Crippen LogP contribution in [0, 0.1) is 36.0 Å². The summed E-state index contributed by atoms with van der Waals surface area (Å²) in [5.74, 6) is -5.53. The van der Waals surface area contributed by atoms with E-state index in [1.165, 1.54) is 40.2 Å². The molecule has 0 bridgehead atoms. The van der Waals surface area contributed by atoms with Gasteiger partial charge in [-0.3, -0.25) is 28.8 Å². The smallest absolute Gasteiger partial charge is 0.488 e. The van der Waals surface area contributed by atoms with Crippen molar-refractivity contribution < 1.29 is 39.1 Å². The van der Waals surface area contributed by atoms with Crippen LogP contribution < -0.4 is 20.0 Å². The molecule has 3 fully saturated rings. The van der Waals surface area contributed by atoms with Gasteiger partial charge in [-0.15, -0.1) is 11.3 Å². The van der Waals surface area contributed by atoms with Gasteiger partial charge in [-0.1, -0.05) is 35.4 Å². The molecule has 2 aliphatic carbocycles. The van der Waals surface area contributed by atoms with E-state index in [2.05, 4.69) is 31.9 Å². The highest BCUT2D eigenvalue weighted by Gasteiger charge is 2.68. The number of hydrogen-bond acceptors (Lipinski definition) is 10. The number of carbonyl (C=O) groups is 4. The molecule has 296 valence electrons. The molecule has 4 heterocycles. The van der Waals surface area contributed by atoms with Crippen molar-refractivity contribution in [1.29, 1.82) is 0 Å². The minimum absolute atomic E-state index is 0.109. The van der Waals surface area contributed by atoms with E-state index < -0.39 is 65.8 Å². The van der Waals surface area contributed by atoms with Gasteiger partial charge in [-0.2, -0.15) is 5.10 Å². The molecule has 58 heavy (non-hydrogen) atoms. The van der Waals surface area contributed by atoms with Gasteiger partial charge in [0.25, 0.3) is 0 Å². The van der Waals surface area contributed by atoms with Crippen molar-refractivity contribution >= 4 is 113 Å². The van der Waals surface area contributed by atoms with Gasteiger partial charge in [0, 0.05) is 33.2 Å². The number of aromatic nitrogens is 2. The lowest BCUT2D eigenvalue weighted by Gasteiger charge is -2.49. The number of benzene rings is 3. The fraction of sp³-hybridized carbons (Fsp3) is 0.293. The molecule has 2 aromatic heterocycles. The van der Waals surface area contributed by atoms with Crippen molar-refractivity contribution in [2.45, 2.75) is 32.6 Å². The van der Waals surface area contributed by atoms with Gasteiger partial charge in [0.05, 0.1) is 45.3 Å². The normalized spacial score (nSPS) is 25.3. The second kappa shape index (κ2) is 13.9. The number of ether oxygens (including phenoxy) is 1. The first-order valence-electron chi connectivity index (χ1n) is 18.5. The second-order valence-corrected chi connectivity index (χ2v) is 18.6. The largest absolute Gasteiger partial charge is 0.503 e. The predicted molar refractivity (Wildman–Crippen MR) is 227 cm³/mol. The molecule has 1 saturated carbocycles. The molecule has 4 aliphatic rings. The predicted octanol–water partition coefficient (Wildman–Crippen LogP) is 6.62. The zero-order valence-corrected chi connectivity index (χ0v) is 36.1. The van der Waals surface area contributed by atoms with E-state index in [0.717, 1.165) is 31.0 Å². The number of phenolic OH excluding ortho intramolecular Hbond substituents is 1. The van der Waals surface area contributed by atoms with Gasteiger partial charge in [0.1, 0.15) is 11.5 Å². The standard InChI is InChI=1S/C41H34BBr2ClN4O8S/c1-17-23-13-19(45)8-11-29(23)58-36(17)27-16-30(47(3)46-27)49-38(52)26-14-24-21(32(41(26,2)40(49)54)25-15-28(57-4)35(50)34(44)33(25)43)9-10-22-31(24)39(53)48(37(22)51)20-7-5-6-18(12-20)42(55)56/h5-9,11-13,15-16,22,24,26,31-32,50,55-56H,10,14H2,1-4H3/t22-,24+,26-,31-,32+,41+/m0/s1. The fourth-order valence-electron chi connectivity index (χ4n) is 9.85. The number of halogens is 3. The van der Waals surface area contributed by atoms with Crippen LogP contribution in [0.5, 0.6) is 11.5 Å². The Morgan fingerprint density at radius 1 is 0.983 bits per heavy atom. The third-order valence-electron chi connectivity index (χ3n) is 12.6. The molecule has 9 rings (SSSR count). The van der Waals surface area contributed by atoms with E-state index in [0.29, 0.717) is 20.8 Å². The summed E-state index contributed by atoms with van der Waals surface area (Å²) in [5, 5.41) is 37.1. The molecule has 0 radical (unpaired) electrons. The van der Waals surface area contributed by atoms with Crippen LogP contribution in [0.4, 0.5) is 11.5 Å². The van der Waals surface area contributed by atoms with Gasteiger partial charge in [0.2, 0.25) is 23.6 Å². The average Bonchev–Trinajstić information content (AvgIpc) is 3.87. The van der Waals surface area contributed by atoms with E-state index in [-0.39, 0.29) is 45.8 Å². The Balaban J connectivity index is 1.18. The summed E-state index contributed by atoms with van der Waals surface area (Å²) in [4.78, 5) is 62.3. The Morgan fingerprint density at radius 3 is 2.47 bits per heavy atom. The van der Waals surface area contributed by atoms with Gasteiger partial charge in [0.15, 0.2) is 11.5 Å². The summed E-state index contributed by atoms with van der Waals surface area (Å²) in [5.41, 5.74) is 1.78. The lowest BCUT2D eigenvalue weighted by molar-refractivity contribution is -0.131. The molecule has 12 nitrogen and oxygen atoms in total. The molecule has 3 N–H and O–H groups in total. The molecule has 2 aliphatic heterocycles. The van der Waals surface area contributed by atoms with Crippen LogP contribution in [-0.4, -0.2) is 62.8 Å². The number of nitrogens with zero attached hydrogens (tertiary/aromatic N) is 4. The van der Waals surface area contributed by atoms with E-state index in [1.807, 2.05) is 31.2 Å². The third kappa shape index (κ3) is 5.48. The molecule has 2 saturated heterocycles. The lowest BCUT2D eigenvalue weighted by atomic mass is 9.51. The van der Waals surface area contributed by atoms with E-state index in [4.69, 9.17) is 21.4 Å². The topological polar surface area (TPSA) is 162 Å². The van der Waals surface area contributed by atoms with Crippen LogP contribution in [0.3, 0.4) is 0 Å². The van der Waals surface area contributed by atoms with Gasteiger partial charge in [-0.05, 0) is 123 Å². The second-order valence-electron chi connectivity index (χ2n) is 15.5. The number of thiophene rings is 1. The third-order valence-corrected chi connectivity index (χ3v) is 16.3. The fourth-order valence-corrected chi connectivity index (χ4v) is 12.1. The monoisotopic (exact) mass is 946 g/mol. The summed E-state index contributed by atoms with van der Waals surface area (Å²) in [6.45, 7) is 3.76. The summed E-state index contributed by atoms with van der Waals surface area (Å²) < 4.78 is 8.86. The Morgan fingerprint density at radius 2 is 1.74 bits per heavy atom. The number of aromatic hydroxyl groups is 1. The zero-order chi connectivity index (χ0) is 41.3. The first-order chi connectivity index (χ1) is 27.6. The summed E-state index contributed by atoms with van der Waals surface area (Å²) >= 11 is 15.0. The van der Waals surface area contributed by atoms with Crippen LogP contribution in [-0.2, 0) is 26.2 Å². The molecular formula is C41H34BBr2ClN4O8S. The maximum Gasteiger partial charge on any atom is 0.488 e. The lowest BCUT2D eigenvalue weighted by Crippen LogP contribution is -2.49. The Hall–Kier alpha value is -4.32. The highest BCUT2D eigenvalue weighted by atomic mass is 79.9. The van der Waals surface area contributed by atoms with Crippen molar-refractivity contribution in [3.63, 3.8) is 0 Å². The minimum atomic E-state index is -1.81. The molecule has 0 unspecified atom stereocenters. The Labute approximate surface area is 358 Å². The molecule has 3 aromatic carbocycles. The number of carbonyl (C=O) groups excluding carboxylic acids is 4. The van der Waals surface area contributed by atoms with Gasteiger partial charge >= 0.3 is 7.12 Å². The van der Waals surface area contributed by atoms with E-state index in [9.17, 15) is 24.7 Å². The highest BCUT2D eigenvalue weighted by molar-refractivity contribution is 9.13. The van der Waals surface area contributed by atoms with Crippen LogP contribution in [0.2, 0.25) is 5.02 Å². The number of aryl methyl sites for hydroxylation is 2. The molecule has 6 atom stereocenters. The van der Waals surface area contributed by atoms with E-state index in [1.54, 1.807) is 38.2 Å².